The van der Waals surface area contributed by atoms with E-state index in [2.05, 4.69) is 16.0 Å². The maximum absolute atomic E-state index is 13.7. The minimum absolute atomic E-state index is 0.0324. The second-order valence-electron chi connectivity index (χ2n) is 11.1. The number of carbonyl (C=O) groups is 2. The highest BCUT2D eigenvalue weighted by molar-refractivity contribution is 6.00. The Balaban J connectivity index is 1.47. The second-order valence-corrected chi connectivity index (χ2v) is 11.1. The van der Waals surface area contributed by atoms with Gasteiger partial charge in [0, 0.05) is 42.4 Å². The molecule has 0 bridgehead atoms. The zero-order chi connectivity index (χ0) is 34.1. The molecule has 0 heterocycles. The predicted octanol–water partition coefficient (Wildman–Crippen LogP) is 6.11. The third-order valence-corrected chi connectivity index (χ3v) is 7.23. The topological polar surface area (TPSA) is 99.7 Å². The predicted molar refractivity (Wildman–Crippen MR) is 166 cm³/mol. The lowest BCUT2D eigenvalue weighted by molar-refractivity contribution is -0.137. The van der Waals surface area contributed by atoms with Crippen LogP contribution in [0.25, 0.3) is 0 Å². The summed E-state index contributed by atoms with van der Waals surface area (Å²) < 4.78 is 72.3. The number of hydrogen-bond acceptors (Lipinski definition) is 5. The van der Waals surface area contributed by atoms with Gasteiger partial charge >= 0.3 is 6.18 Å². The molecule has 0 aliphatic rings. The van der Waals surface area contributed by atoms with Crippen molar-refractivity contribution < 1.29 is 41.4 Å². The summed E-state index contributed by atoms with van der Waals surface area (Å²) in [5.74, 6) is -3.05. The van der Waals surface area contributed by atoms with E-state index in [1.54, 1.807) is 19.1 Å². The van der Waals surface area contributed by atoms with Gasteiger partial charge in [-0.05, 0) is 54.8 Å². The molecule has 0 fully saturated rings. The van der Waals surface area contributed by atoms with Gasteiger partial charge in [0.25, 0.3) is 11.8 Å². The van der Waals surface area contributed by atoms with Crippen molar-refractivity contribution in [2.75, 3.05) is 13.2 Å². The first kappa shape index (κ1) is 35.1. The molecular weight excluding hydrogens is 621 g/mol. The number of alkyl halides is 3. The first-order valence-corrected chi connectivity index (χ1v) is 14.7. The lowest BCUT2D eigenvalue weighted by Crippen LogP contribution is -2.50. The van der Waals surface area contributed by atoms with Crippen LogP contribution in [0.4, 0.5) is 22.0 Å². The van der Waals surface area contributed by atoms with Gasteiger partial charge in [0.1, 0.15) is 24.0 Å². The highest BCUT2D eigenvalue weighted by Crippen LogP contribution is 2.29. The second kappa shape index (κ2) is 15.7. The van der Waals surface area contributed by atoms with E-state index in [0.717, 1.165) is 29.8 Å². The summed E-state index contributed by atoms with van der Waals surface area (Å²) in [5, 5.41) is 19.4. The lowest BCUT2D eigenvalue weighted by atomic mass is 10.0. The minimum Gasteiger partial charge on any atom is -0.491 e. The molecule has 4 aromatic carbocycles. The van der Waals surface area contributed by atoms with Crippen LogP contribution in [-0.4, -0.2) is 42.2 Å². The van der Waals surface area contributed by atoms with E-state index < -0.39 is 53.9 Å². The van der Waals surface area contributed by atoms with Crippen molar-refractivity contribution in [3.05, 3.63) is 136 Å². The highest BCUT2D eigenvalue weighted by atomic mass is 19.4. The van der Waals surface area contributed by atoms with Gasteiger partial charge in [-0.3, -0.25) is 9.59 Å². The van der Waals surface area contributed by atoms with E-state index in [1.165, 1.54) is 18.2 Å². The number of rotatable bonds is 13. The highest BCUT2D eigenvalue weighted by Gasteiger charge is 2.30. The zero-order valence-corrected chi connectivity index (χ0v) is 25.6. The van der Waals surface area contributed by atoms with Crippen molar-refractivity contribution in [2.24, 2.45) is 0 Å². The van der Waals surface area contributed by atoms with Crippen LogP contribution in [0.15, 0.2) is 91.0 Å². The SMILES string of the molecule is Cc1cc(C(=O)NC(C)c2ccccc2)cc(C(=O)NC(COc2cc(F)cc(F)c2)C(O)CNCc2cccc(C(F)(F)F)c2)c1. The van der Waals surface area contributed by atoms with Crippen LogP contribution < -0.4 is 20.7 Å². The molecule has 4 aromatic rings. The summed E-state index contributed by atoms with van der Waals surface area (Å²) in [6.45, 7) is 2.89. The Hall–Kier alpha value is -4.81. The van der Waals surface area contributed by atoms with Gasteiger partial charge in [-0.15, -0.1) is 0 Å². The Bertz CT molecular complexity index is 1660. The number of hydrogen-bond donors (Lipinski definition) is 4. The fourth-order valence-electron chi connectivity index (χ4n) is 4.81. The average molecular weight is 656 g/mol. The van der Waals surface area contributed by atoms with Gasteiger partial charge in [-0.2, -0.15) is 13.2 Å². The number of aliphatic hydroxyl groups excluding tert-OH is 1. The fourth-order valence-corrected chi connectivity index (χ4v) is 4.81. The number of aliphatic hydroxyl groups is 1. The molecule has 12 heteroatoms. The third-order valence-electron chi connectivity index (χ3n) is 7.23. The van der Waals surface area contributed by atoms with Crippen LogP contribution in [-0.2, 0) is 12.7 Å². The normalized spacial score (nSPS) is 13.4. The van der Waals surface area contributed by atoms with E-state index in [-0.39, 0.29) is 36.0 Å². The Morgan fingerprint density at radius 1 is 0.830 bits per heavy atom. The van der Waals surface area contributed by atoms with Crippen molar-refractivity contribution in [1.82, 2.24) is 16.0 Å². The van der Waals surface area contributed by atoms with Crippen molar-refractivity contribution in [2.45, 2.75) is 44.8 Å². The average Bonchev–Trinajstić information content (AvgIpc) is 3.02. The molecule has 3 unspecified atom stereocenters. The third kappa shape index (κ3) is 10.3. The van der Waals surface area contributed by atoms with Gasteiger partial charge in [0.05, 0.1) is 23.8 Å². The number of ether oxygens (including phenoxy) is 1. The molecular formula is C35H34F5N3O4. The number of amides is 2. The number of benzene rings is 4. The summed E-state index contributed by atoms with van der Waals surface area (Å²) in [7, 11) is 0. The maximum atomic E-state index is 13.7. The van der Waals surface area contributed by atoms with Crippen LogP contribution in [0.1, 0.15) is 55.9 Å². The van der Waals surface area contributed by atoms with E-state index >= 15 is 0 Å². The summed E-state index contributed by atoms with van der Waals surface area (Å²) in [6.07, 6.45) is -5.88. The molecule has 3 atom stereocenters. The summed E-state index contributed by atoms with van der Waals surface area (Å²) in [5.41, 5.74) is 1.33. The number of aryl methyl sites for hydroxylation is 1. The largest absolute Gasteiger partial charge is 0.491 e. The molecule has 0 saturated carbocycles. The van der Waals surface area contributed by atoms with E-state index in [1.807, 2.05) is 37.3 Å². The van der Waals surface area contributed by atoms with E-state index in [0.29, 0.717) is 17.2 Å². The molecule has 4 rings (SSSR count). The molecule has 0 radical (unpaired) electrons. The van der Waals surface area contributed by atoms with Crippen LogP contribution in [0.5, 0.6) is 5.75 Å². The van der Waals surface area contributed by atoms with Crippen molar-refractivity contribution in [1.29, 1.82) is 0 Å². The molecule has 4 N–H and O–H groups in total. The van der Waals surface area contributed by atoms with Crippen LogP contribution in [0.3, 0.4) is 0 Å². The Labute approximate surface area is 268 Å². The monoisotopic (exact) mass is 655 g/mol. The van der Waals surface area contributed by atoms with E-state index in [9.17, 15) is 36.6 Å². The Morgan fingerprint density at radius 3 is 2.11 bits per heavy atom. The molecule has 2 amide bonds. The molecule has 0 saturated heterocycles. The maximum Gasteiger partial charge on any atom is 0.416 e. The van der Waals surface area contributed by atoms with Gasteiger partial charge in [0.2, 0.25) is 0 Å². The zero-order valence-electron chi connectivity index (χ0n) is 25.6. The van der Waals surface area contributed by atoms with Gasteiger partial charge in [-0.1, -0.05) is 48.5 Å². The number of carbonyl (C=O) groups excluding carboxylic acids is 2. The van der Waals surface area contributed by atoms with Crippen molar-refractivity contribution in [3.63, 3.8) is 0 Å². The molecule has 47 heavy (non-hydrogen) atoms. The van der Waals surface area contributed by atoms with E-state index in [4.69, 9.17) is 4.74 Å². The molecule has 0 spiro atoms. The van der Waals surface area contributed by atoms with Crippen LogP contribution in [0.2, 0.25) is 0 Å². The first-order chi connectivity index (χ1) is 22.3. The van der Waals surface area contributed by atoms with Crippen molar-refractivity contribution in [3.8, 4) is 5.75 Å². The minimum atomic E-state index is -4.52. The molecule has 0 aliphatic carbocycles. The standard InChI is InChI=1S/C35H34F5N3O4/c1-21-11-25(33(45)42-22(2)24-8-4-3-5-9-24)14-26(12-21)34(46)43-31(20-47-30-16-28(36)15-29(37)17-30)32(44)19-41-18-23-7-6-10-27(13-23)35(38,39)40/h3-17,22,31-32,41,44H,18-20H2,1-2H3,(H,42,45)(H,43,46). The number of halogens is 5. The van der Waals surface area contributed by atoms with Crippen molar-refractivity contribution >= 4 is 11.8 Å². The molecule has 248 valence electrons. The molecule has 0 aromatic heterocycles. The van der Waals surface area contributed by atoms with Gasteiger partial charge in [-0.25, -0.2) is 8.78 Å². The smallest absolute Gasteiger partial charge is 0.416 e. The molecule has 0 aliphatic heterocycles. The van der Waals surface area contributed by atoms with Crippen LogP contribution in [0, 0.1) is 18.6 Å². The van der Waals surface area contributed by atoms with Crippen LogP contribution >= 0.6 is 0 Å². The summed E-state index contributed by atoms with van der Waals surface area (Å²) in [4.78, 5) is 26.5. The quantitative estimate of drug-likeness (QED) is 0.130. The van der Waals surface area contributed by atoms with Gasteiger partial charge < -0.3 is 25.8 Å². The Kier molecular flexibility index (Phi) is 11.7. The Morgan fingerprint density at radius 2 is 1.47 bits per heavy atom. The van der Waals surface area contributed by atoms with Gasteiger partial charge in [0.15, 0.2) is 0 Å². The summed E-state index contributed by atoms with van der Waals surface area (Å²) >= 11 is 0. The summed E-state index contributed by atoms with van der Waals surface area (Å²) in [6, 6.07) is 19.6. The fraction of sp³-hybridized carbons (Fsp3) is 0.257. The lowest BCUT2D eigenvalue weighted by Gasteiger charge is -2.25. The molecule has 7 nitrogen and oxygen atoms in total. The first-order valence-electron chi connectivity index (χ1n) is 14.7. The number of nitrogens with one attached hydrogen (secondary N) is 3.